The summed E-state index contributed by atoms with van der Waals surface area (Å²) in [5.41, 5.74) is 0.142. The van der Waals surface area contributed by atoms with Crippen molar-refractivity contribution in [1.29, 1.82) is 0 Å². The summed E-state index contributed by atoms with van der Waals surface area (Å²) in [6, 6.07) is 5.07. The van der Waals surface area contributed by atoms with Gasteiger partial charge in [-0.15, -0.1) is 0 Å². The molecule has 0 unspecified atom stereocenters. The number of rotatable bonds is 4. The van der Waals surface area contributed by atoms with E-state index >= 15 is 0 Å². The van der Waals surface area contributed by atoms with Crippen LogP contribution < -0.4 is 5.32 Å². The van der Waals surface area contributed by atoms with Crippen molar-refractivity contribution in [1.82, 2.24) is 5.32 Å². The van der Waals surface area contributed by atoms with Gasteiger partial charge in [-0.3, -0.25) is 0 Å². The van der Waals surface area contributed by atoms with Crippen LogP contribution in [0.5, 0.6) is 5.75 Å². The zero-order chi connectivity index (χ0) is 11.6. The minimum absolute atomic E-state index is 0.195. The molecule has 1 aromatic rings. The highest BCUT2D eigenvalue weighted by molar-refractivity contribution is 6.31. The Morgan fingerprint density at radius 3 is 2.69 bits per heavy atom. The van der Waals surface area contributed by atoms with Crippen molar-refractivity contribution in [2.24, 2.45) is 0 Å². The SMILES string of the molecule is Oc1cccc(Cl)c1CNCC1(O)CCC1. The van der Waals surface area contributed by atoms with Gasteiger partial charge in [-0.2, -0.15) is 0 Å². The summed E-state index contributed by atoms with van der Waals surface area (Å²) in [6.07, 6.45) is 2.80. The molecule has 0 heterocycles. The van der Waals surface area contributed by atoms with Crippen molar-refractivity contribution in [3.63, 3.8) is 0 Å². The molecule has 16 heavy (non-hydrogen) atoms. The summed E-state index contributed by atoms with van der Waals surface area (Å²) in [4.78, 5) is 0. The Morgan fingerprint density at radius 1 is 1.38 bits per heavy atom. The summed E-state index contributed by atoms with van der Waals surface area (Å²) in [7, 11) is 0. The van der Waals surface area contributed by atoms with Crippen molar-refractivity contribution in [3.05, 3.63) is 28.8 Å². The van der Waals surface area contributed by atoms with Crippen LogP contribution in [0, 0.1) is 0 Å². The van der Waals surface area contributed by atoms with Gasteiger partial charge in [0.2, 0.25) is 0 Å². The third kappa shape index (κ3) is 2.48. The van der Waals surface area contributed by atoms with Gasteiger partial charge in [-0.05, 0) is 31.4 Å². The molecule has 1 aliphatic rings. The normalized spacial score (nSPS) is 18.1. The number of hydrogen-bond acceptors (Lipinski definition) is 3. The van der Waals surface area contributed by atoms with Crippen LogP contribution in [0.2, 0.25) is 5.02 Å². The van der Waals surface area contributed by atoms with Gasteiger partial charge in [-0.25, -0.2) is 0 Å². The van der Waals surface area contributed by atoms with E-state index in [0.717, 1.165) is 19.3 Å². The fourth-order valence-corrected chi connectivity index (χ4v) is 2.14. The maximum Gasteiger partial charge on any atom is 0.121 e. The van der Waals surface area contributed by atoms with E-state index in [2.05, 4.69) is 5.32 Å². The van der Waals surface area contributed by atoms with Crippen LogP contribution in [0.25, 0.3) is 0 Å². The van der Waals surface area contributed by atoms with E-state index < -0.39 is 5.60 Å². The van der Waals surface area contributed by atoms with E-state index in [4.69, 9.17) is 11.6 Å². The Balaban J connectivity index is 1.89. The highest BCUT2D eigenvalue weighted by atomic mass is 35.5. The maximum atomic E-state index is 9.87. The number of aliphatic hydroxyl groups is 1. The van der Waals surface area contributed by atoms with Crippen molar-refractivity contribution < 1.29 is 10.2 Å². The Kier molecular flexibility index (Phi) is 3.38. The lowest BCUT2D eigenvalue weighted by molar-refractivity contribution is -0.0315. The topological polar surface area (TPSA) is 52.5 Å². The molecule has 0 radical (unpaired) electrons. The molecule has 3 nitrogen and oxygen atoms in total. The van der Waals surface area contributed by atoms with E-state index in [1.807, 2.05) is 0 Å². The number of aromatic hydroxyl groups is 1. The van der Waals surface area contributed by atoms with Crippen molar-refractivity contribution >= 4 is 11.6 Å². The molecule has 4 heteroatoms. The molecule has 0 bridgehead atoms. The first kappa shape index (κ1) is 11.7. The number of phenolic OH excluding ortho intramolecular Hbond substituents is 1. The van der Waals surface area contributed by atoms with Crippen LogP contribution in [0.3, 0.4) is 0 Å². The Bertz CT molecular complexity index is 357. The van der Waals surface area contributed by atoms with Gasteiger partial charge in [0.15, 0.2) is 0 Å². The molecule has 88 valence electrons. The summed E-state index contributed by atoms with van der Waals surface area (Å²) in [6.45, 7) is 1.03. The largest absolute Gasteiger partial charge is 0.508 e. The summed E-state index contributed by atoms with van der Waals surface area (Å²) in [5.74, 6) is 0.195. The second-order valence-electron chi connectivity index (χ2n) is 4.42. The molecule has 1 aliphatic carbocycles. The van der Waals surface area contributed by atoms with Crippen LogP contribution in [0.15, 0.2) is 18.2 Å². The Hall–Kier alpha value is -0.770. The molecule has 0 atom stereocenters. The predicted octanol–water partition coefficient (Wildman–Crippen LogP) is 2.05. The molecule has 0 saturated heterocycles. The standard InChI is InChI=1S/C12H16ClNO2/c13-10-3-1-4-11(15)9(10)7-14-8-12(16)5-2-6-12/h1,3-4,14-16H,2,5-8H2. The molecule has 1 fully saturated rings. The van der Waals surface area contributed by atoms with Gasteiger partial charge in [0, 0.05) is 23.7 Å². The highest BCUT2D eigenvalue weighted by Crippen LogP contribution is 2.31. The fourth-order valence-electron chi connectivity index (χ4n) is 1.90. The number of benzene rings is 1. The zero-order valence-corrected chi connectivity index (χ0v) is 9.80. The summed E-state index contributed by atoms with van der Waals surface area (Å²) < 4.78 is 0. The first-order valence-electron chi connectivity index (χ1n) is 5.50. The average Bonchev–Trinajstić information content (AvgIpc) is 2.20. The van der Waals surface area contributed by atoms with Crippen molar-refractivity contribution in [3.8, 4) is 5.75 Å². The third-order valence-corrected chi connectivity index (χ3v) is 3.49. The van der Waals surface area contributed by atoms with Crippen molar-refractivity contribution in [2.75, 3.05) is 6.54 Å². The lowest BCUT2D eigenvalue weighted by Gasteiger charge is -2.36. The lowest BCUT2D eigenvalue weighted by Crippen LogP contribution is -2.46. The second-order valence-corrected chi connectivity index (χ2v) is 4.83. The van der Waals surface area contributed by atoms with Gasteiger partial charge in [0.25, 0.3) is 0 Å². The smallest absolute Gasteiger partial charge is 0.121 e. The monoisotopic (exact) mass is 241 g/mol. The van der Waals surface area contributed by atoms with E-state index in [-0.39, 0.29) is 5.75 Å². The molecule has 3 N–H and O–H groups in total. The number of phenols is 1. The van der Waals surface area contributed by atoms with Gasteiger partial charge in [-0.1, -0.05) is 17.7 Å². The van der Waals surface area contributed by atoms with Gasteiger partial charge < -0.3 is 15.5 Å². The fraction of sp³-hybridized carbons (Fsp3) is 0.500. The molecule has 0 amide bonds. The molecule has 0 aromatic heterocycles. The van der Waals surface area contributed by atoms with Crippen LogP contribution in [0.4, 0.5) is 0 Å². The van der Waals surface area contributed by atoms with Crippen LogP contribution in [0.1, 0.15) is 24.8 Å². The van der Waals surface area contributed by atoms with Crippen LogP contribution in [-0.2, 0) is 6.54 Å². The van der Waals surface area contributed by atoms with Gasteiger partial charge in [0.05, 0.1) is 5.60 Å². The molecule has 0 aliphatic heterocycles. The number of halogens is 1. The molecule has 1 aromatic carbocycles. The predicted molar refractivity (Wildman–Crippen MR) is 63.6 cm³/mol. The van der Waals surface area contributed by atoms with E-state index in [1.165, 1.54) is 0 Å². The molecule has 0 spiro atoms. The lowest BCUT2D eigenvalue weighted by atomic mass is 9.80. The second kappa shape index (κ2) is 4.62. The van der Waals surface area contributed by atoms with E-state index in [9.17, 15) is 10.2 Å². The Labute approximate surface area is 100 Å². The highest BCUT2D eigenvalue weighted by Gasteiger charge is 2.33. The zero-order valence-electron chi connectivity index (χ0n) is 9.04. The van der Waals surface area contributed by atoms with E-state index in [1.54, 1.807) is 18.2 Å². The van der Waals surface area contributed by atoms with E-state index in [0.29, 0.717) is 23.7 Å². The Morgan fingerprint density at radius 2 is 2.12 bits per heavy atom. The molecular weight excluding hydrogens is 226 g/mol. The molecule has 2 rings (SSSR count). The van der Waals surface area contributed by atoms with Crippen LogP contribution >= 0.6 is 11.6 Å². The average molecular weight is 242 g/mol. The summed E-state index contributed by atoms with van der Waals surface area (Å²) in [5, 5.41) is 23.2. The minimum atomic E-state index is -0.545. The quantitative estimate of drug-likeness (QED) is 0.756. The van der Waals surface area contributed by atoms with Gasteiger partial charge in [0.1, 0.15) is 5.75 Å². The number of nitrogens with one attached hydrogen (secondary N) is 1. The summed E-state index contributed by atoms with van der Waals surface area (Å²) >= 11 is 5.96. The molecular formula is C12H16ClNO2. The maximum absolute atomic E-state index is 9.87. The molecule has 1 saturated carbocycles. The third-order valence-electron chi connectivity index (χ3n) is 3.13. The first-order valence-corrected chi connectivity index (χ1v) is 5.88. The van der Waals surface area contributed by atoms with Crippen LogP contribution in [-0.4, -0.2) is 22.4 Å². The number of hydrogen-bond donors (Lipinski definition) is 3. The van der Waals surface area contributed by atoms with Gasteiger partial charge >= 0.3 is 0 Å². The first-order chi connectivity index (χ1) is 7.61. The minimum Gasteiger partial charge on any atom is -0.508 e. The van der Waals surface area contributed by atoms with Crippen molar-refractivity contribution in [2.45, 2.75) is 31.4 Å².